The molecule has 2 aromatic rings. The maximum absolute atomic E-state index is 12.5. The Hall–Kier alpha value is -3.00. The van der Waals surface area contributed by atoms with Gasteiger partial charge in [0, 0.05) is 38.0 Å². The minimum Gasteiger partial charge on any atom is -0.362 e. The van der Waals surface area contributed by atoms with Crippen LogP contribution in [0.3, 0.4) is 0 Å². The maximum atomic E-state index is 12.5. The molecule has 27 heavy (non-hydrogen) atoms. The Morgan fingerprint density at radius 3 is 2.81 bits per heavy atom. The molecule has 1 fully saturated rings. The van der Waals surface area contributed by atoms with Crippen LogP contribution in [0.1, 0.15) is 18.5 Å². The monoisotopic (exact) mass is 384 g/mol. The van der Waals surface area contributed by atoms with Gasteiger partial charge in [-0.15, -0.1) is 4.40 Å². The second kappa shape index (κ2) is 8.13. The highest BCUT2D eigenvalue weighted by atomic mass is 32.2. The number of pyridine rings is 1. The molecular formula is C19H20N4O3S. The minimum atomic E-state index is -3.82. The highest BCUT2D eigenvalue weighted by Gasteiger charge is 2.20. The molecule has 3 rings (SSSR count). The second-order valence-electron chi connectivity index (χ2n) is 6.11. The normalized spacial score (nSPS) is 16.2. The van der Waals surface area contributed by atoms with Crippen LogP contribution in [0.5, 0.6) is 0 Å². The molecule has 0 bridgehead atoms. The highest BCUT2D eigenvalue weighted by Crippen LogP contribution is 2.20. The minimum absolute atomic E-state index is 0.0433. The summed E-state index contributed by atoms with van der Waals surface area (Å²) in [5.41, 5.74) is 1.03. The van der Waals surface area contributed by atoms with E-state index >= 15 is 0 Å². The van der Waals surface area contributed by atoms with Crippen LogP contribution >= 0.6 is 0 Å². The lowest BCUT2D eigenvalue weighted by Crippen LogP contribution is -2.20. The van der Waals surface area contributed by atoms with Gasteiger partial charge in [-0.05, 0) is 42.8 Å². The molecule has 0 saturated carbocycles. The summed E-state index contributed by atoms with van der Waals surface area (Å²) in [6.07, 6.45) is 6.10. The number of carbonyl (C=O) groups excluding carboxylic acids is 1. The fourth-order valence-electron chi connectivity index (χ4n) is 2.65. The van der Waals surface area contributed by atoms with Crippen molar-refractivity contribution in [3.8, 4) is 0 Å². The van der Waals surface area contributed by atoms with Gasteiger partial charge in [-0.2, -0.15) is 8.42 Å². The van der Waals surface area contributed by atoms with Crippen LogP contribution in [-0.4, -0.2) is 43.6 Å². The predicted octanol–water partition coefficient (Wildman–Crippen LogP) is 2.55. The van der Waals surface area contributed by atoms with Gasteiger partial charge in [-0.1, -0.05) is 12.1 Å². The number of nitrogens with zero attached hydrogens (tertiary/aromatic N) is 3. The van der Waals surface area contributed by atoms with Gasteiger partial charge in [0.05, 0.1) is 10.6 Å². The number of hydrogen-bond donors (Lipinski definition) is 1. The number of carbonyl (C=O) groups is 1. The molecule has 8 heteroatoms. The van der Waals surface area contributed by atoms with E-state index in [4.69, 9.17) is 0 Å². The van der Waals surface area contributed by atoms with Crippen LogP contribution in [0.2, 0.25) is 0 Å². The number of aromatic nitrogens is 1. The summed E-state index contributed by atoms with van der Waals surface area (Å²) in [5.74, 6) is 0.180. The summed E-state index contributed by atoms with van der Waals surface area (Å²) in [4.78, 5) is 18.0. The summed E-state index contributed by atoms with van der Waals surface area (Å²) in [6.45, 7) is 0.799. The molecule has 1 aliphatic rings. The van der Waals surface area contributed by atoms with Crippen molar-refractivity contribution in [1.82, 2.24) is 9.88 Å². The zero-order valence-electron chi connectivity index (χ0n) is 14.9. The molecule has 7 nitrogen and oxygen atoms in total. The van der Waals surface area contributed by atoms with Crippen LogP contribution < -0.4 is 5.32 Å². The number of sulfonamides is 1. The van der Waals surface area contributed by atoms with Gasteiger partial charge < -0.3 is 10.2 Å². The predicted molar refractivity (Wildman–Crippen MR) is 105 cm³/mol. The van der Waals surface area contributed by atoms with Gasteiger partial charge in [0.25, 0.3) is 10.0 Å². The van der Waals surface area contributed by atoms with Crippen molar-refractivity contribution in [3.63, 3.8) is 0 Å². The van der Waals surface area contributed by atoms with E-state index in [2.05, 4.69) is 14.7 Å². The summed E-state index contributed by atoms with van der Waals surface area (Å²) in [5, 5.41) is 2.65. The summed E-state index contributed by atoms with van der Waals surface area (Å²) in [6, 6.07) is 11.5. The average molecular weight is 384 g/mol. The van der Waals surface area contributed by atoms with Gasteiger partial charge >= 0.3 is 0 Å². The van der Waals surface area contributed by atoms with Gasteiger partial charge in [-0.3, -0.25) is 9.78 Å². The zero-order valence-corrected chi connectivity index (χ0v) is 15.7. The van der Waals surface area contributed by atoms with Gasteiger partial charge in [-0.25, -0.2) is 0 Å². The summed E-state index contributed by atoms with van der Waals surface area (Å²) < 4.78 is 29.0. The third-order valence-corrected chi connectivity index (χ3v) is 5.35. The largest absolute Gasteiger partial charge is 0.362 e. The lowest BCUT2D eigenvalue weighted by molar-refractivity contribution is -0.111. The van der Waals surface area contributed by atoms with E-state index in [-0.39, 0.29) is 10.8 Å². The van der Waals surface area contributed by atoms with Crippen LogP contribution in [0, 0.1) is 0 Å². The molecule has 0 aliphatic carbocycles. The maximum Gasteiger partial charge on any atom is 0.284 e. The third kappa shape index (κ3) is 5.01. The molecule has 0 radical (unpaired) electrons. The first-order valence-electron chi connectivity index (χ1n) is 8.49. The fourth-order valence-corrected chi connectivity index (χ4v) is 3.79. The molecule has 1 amide bonds. The lowest BCUT2D eigenvalue weighted by Gasteiger charge is -2.11. The van der Waals surface area contributed by atoms with Gasteiger partial charge in [0.2, 0.25) is 5.91 Å². The SMILES string of the molecule is CN1CCCC1=NS(=O)(=O)c1cccc(NC(=O)C=Cc2ccccn2)c1. The van der Waals surface area contributed by atoms with E-state index < -0.39 is 10.0 Å². The summed E-state index contributed by atoms with van der Waals surface area (Å²) >= 11 is 0. The molecule has 1 saturated heterocycles. The van der Waals surface area contributed by atoms with Crippen molar-refractivity contribution in [2.45, 2.75) is 17.7 Å². The average Bonchev–Trinajstić information content (AvgIpc) is 3.05. The lowest BCUT2D eigenvalue weighted by atomic mass is 10.3. The molecule has 2 heterocycles. The highest BCUT2D eigenvalue weighted by molar-refractivity contribution is 7.90. The molecule has 1 aromatic heterocycles. The number of anilines is 1. The Balaban J connectivity index is 1.73. The Kier molecular flexibility index (Phi) is 5.66. The Labute approximate surface area is 158 Å². The molecule has 0 spiro atoms. The Morgan fingerprint density at radius 1 is 1.26 bits per heavy atom. The number of benzene rings is 1. The van der Waals surface area contributed by atoms with E-state index in [1.54, 1.807) is 36.5 Å². The second-order valence-corrected chi connectivity index (χ2v) is 7.72. The first-order valence-corrected chi connectivity index (χ1v) is 9.93. The summed E-state index contributed by atoms with van der Waals surface area (Å²) in [7, 11) is -2.00. The smallest absolute Gasteiger partial charge is 0.284 e. The number of likely N-dealkylation sites (tertiary alicyclic amines) is 1. The van der Waals surface area contributed by atoms with Crippen LogP contribution in [0.15, 0.2) is 64.0 Å². The van der Waals surface area contributed by atoms with E-state index in [1.165, 1.54) is 18.2 Å². The van der Waals surface area contributed by atoms with Gasteiger partial charge in [0.1, 0.15) is 5.84 Å². The van der Waals surface area contributed by atoms with Crippen molar-refractivity contribution in [3.05, 3.63) is 60.4 Å². The van der Waals surface area contributed by atoms with Crippen LogP contribution in [0.4, 0.5) is 5.69 Å². The van der Waals surface area contributed by atoms with E-state index in [0.717, 1.165) is 13.0 Å². The van der Waals surface area contributed by atoms with Crippen molar-refractivity contribution in [2.24, 2.45) is 4.40 Å². The number of amidine groups is 1. The third-order valence-electron chi connectivity index (χ3n) is 4.05. The quantitative estimate of drug-likeness (QED) is 0.800. The van der Waals surface area contributed by atoms with Crippen molar-refractivity contribution < 1.29 is 13.2 Å². The molecule has 1 aromatic carbocycles. The zero-order chi connectivity index (χ0) is 19.3. The fraction of sp³-hybridized carbons (Fsp3) is 0.211. The van der Waals surface area contributed by atoms with Crippen LogP contribution in [-0.2, 0) is 14.8 Å². The van der Waals surface area contributed by atoms with E-state index in [0.29, 0.717) is 23.6 Å². The standard InChI is InChI=1S/C19H20N4O3S/c1-23-13-5-9-18(23)22-27(25,26)17-8-4-7-16(14-17)21-19(24)11-10-15-6-2-3-12-20-15/h2-4,6-8,10-12,14H,5,9,13H2,1H3,(H,21,24). The Morgan fingerprint density at radius 2 is 2.11 bits per heavy atom. The molecular weight excluding hydrogens is 364 g/mol. The first kappa shape index (κ1) is 18.8. The molecule has 140 valence electrons. The van der Waals surface area contributed by atoms with Crippen molar-refractivity contribution >= 4 is 33.5 Å². The molecule has 1 aliphatic heterocycles. The first-order chi connectivity index (χ1) is 12.9. The number of hydrogen-bond acceptors (Lipinski definition) is 4. The number of rotatable bonds is 5. The van der Waals surface area contributed by atoms with Crippen molar-refractivity contribution in [1.29, 1.82) is 0 Å². The molecule has 0 unspecified atom stereocenters. The number of amides is 1. The molecule has 1 N–H and O–H groups in total. The van der Waals surface area contributed by atoms with Crippen molar-refractivity contribution in [2.75, 3.05) is 18.9 Å². The Bertz CT molecular complexity index is 985. The topological polar surface area (TPSA) is 91.7 Å². The molecule has 0 atom stereocenters. The van der Waals surface area contributed by atoms with Gasteiger partial charge in [0.15, 0.2) is 0 Å². The number of nitrogens with one attached hydrogen (secondary N) is 1. The van der Waals surface area contributed by atoms with Crippen LogP contribution in [0.25, 0.3) is 6.08 Å². The van der Waals surface area contributed by atoms with E-state index in [1.807, 2.05) is 18.0 Å². The van der Waals surface area contributed by atoms with E-state index in [9.17, 15) is 13.2 Å².